The maximum atomic E-state index is 12.3. The number of carbonyl (C=O) groups is 2. The Morgan fingerprint density at radius 2 is 1.74 bits per heavy atom. The highest BCUT2D eigenvalue weighted by atomic mass is 16.5. The summed E-state index contributed by atoms with van der Waals surface area (Å²) in [5, 5.41) is 12.4. The summed E-state index contributed by atoms with van der Waals surface area (Å²) in [6, 6.07) is 7.33. The monoisotopic (exact) mass is 319 g/mol. The van der Waals surface area contributed by atoms with Gasteiger partial charge in [0.25, 0.3) is 0 Å². The summed E-state index contributed by atoms with van der Waals surface area (Å²) in [4.78, 5) is 24.0. The van der Waals surface area contributed by atoms with E-state index in [9.17, 15) is 14.7 Å². The third-order valence-electron chi connectivity index (χ3n) is 4.34. The van der Waals surface area contributed by atoms with E-state index in [-0.39, 0.29) is 12.3 Å². The minimum absolute atomic E-state index is 0.182. The van der Waals surface area contributed by atoms with Gasteiger partial charge in [-0.15, -0.1) is 0 Å². The first-order chi connectivity index (χ1) is 11.1. The van der Waals surface area contributed by atoms with Crippen molar-refractivity contribution in [2.75, 3.05) is 6.61 Å². The number of carbonyl (C=O) groups excluding carboxylic acids is 1. The molecular formula is C18H25NO4. The number of carboxylic acid groups (broad SMARTS) is 1. The molecule has 1 saturated carbocycles. The van der Waals surface area contributed by atoms with Crippen molar-refractivity contribution in [2.45, 2.75) is 57.4 Å². The molecule has 1 aromatic rings. The van der Waals surface area contributed by atoms with E-state index in [1.165, 1.54) is 0 Å². The molecule has 5 heteroatoms. The number of ether oxygens (including phenoxy) is 1. The lowest BCUT2D eigenvalue weighted by molar-refractivity contribution is -0.148. The molecule has 0 aliphatic heterocycles. The Bertz CT molecular complexity index is 530. The second-order valence-electron chi connectivity index (χ2n) is 6.10. The Morgan fingerprint density at radius 1 is 1.13 bits per heavy atom. The van der Waals surface area contributed by atoms with Gasteiger partial charge in [0.15, 0.2) is 0 Å². The molecule has 0 unspecified atom stereocenters. The van der Waals surface area contributed by atoms with Gasteiger partial charge in [-0.05, 0) is 37.5 Å². The summed E-state index contributed by atoms with van der Waals surface area (Å²) in [6.45, 7) is 2.51. The van der Waals surface area contributed by atoms with Crippen LogP contribution in [0.5, 0.6) is 5.75 Å². The Hall–Kier alpha value is -2.04. The van der Waals surface area contributed by atoms with Gasteiger partial charge in [0.2, 0.25) is 5.91 Å². The molecule has 1 aliphatic carbocycles. The molecule has 1 aliphatic rings. The standard InChI is InChI=1S/C18H25NO4/c1-2-23-15-9-7-14(8-10-15)13-16(20)19-18(17(21)22)11-5-3-4-6-12-18/h7-10H,2-6,11-13H2,1H3,(H,19,20)(H,21,22). The van der Waals surface area contributed by atoms with Gasteiger partial charge in [-0.25, -0.2) is 4.79 Å². The molecule has 1 amide bonds. The molecule has 2 rings (SSSR count). The predicted molar refractivity (Wildman–Crippen MR) is 87.5 cm³/mol. The predicted octanol–water partition coefficient (Wildman–Crippen LogP) is 2.92. The number of aliphatic carboxylic acids is 1. The van der Waals surface area contributed by atoms with Crippen molar-refractivity contribution in [3.05, 3.63) is 29.8 Å². The number of benzene rings is 1. The van der Waals surface area contributed by atoms with Crippen molar-refractivity contribution in [3.63, 3.8) is 0 Å². The van der Waals surface area contributed by atoms with E-state index in [1.54, 1.807) is 0 Å². The Balaban J connectivity index is 2.00. The largest absolute Gasteiger partial charge is 0.494 e. The number of nitrogens with one attached hydrogen (secondary N) is 1. The molecule has 0 aromatic heterocycles. The SMILES string of the molecule is CCOc1ccc(CC(=O)NC2(C(=O)O)CCCCCC2)cc1. The maximum absolute atomic E-state index is 12.3. The van der Waals surface area contributed by atoms with Gasteiger partial charge < -0.3 is 15.2 Å². The number of hydrogen-bond donors (Lipinski definition) is 2. The van der Waals surface area contributed by atoms with Crippen LogP contribution in [0, 0.1) is 0 Å². The van der Waals surface area contributed by atoms with Crippen LogP contribution in [0.1, 0.15) is 51.0 Å². The van der Waals surface area contributed by atoms with E-state index in [4.69, 9.17) is 4.74 Å². The third-order valence-corrected chi connectivity index (χ3v) is 4.34. The van der Waals surface area contributed by atoms with E-state index in [1.807, 2.05) is 31.2 Å². The lowest BCUT2D eigenvalue weighted by Crippen LogP contribution is -2.54. The molecule has 126 valence electrons. The Labute approximate surface area is 137 Å². The second-order valence-corrected chi connectivity index (χ2v) is 6.10. The second kappa shape index (κ2) is 7.99. The lowest BCUT2D eigenvalue weighted by Gasteiger charge is -2.29. The fourth-order valence-electron chi connectivity index (χ4n) is 3.09. The molecule has 5 nitrogen and oxygen atoms in total. The lowest BCUT2D eigenvalue weighted by atomic mass is 9.90. The zero-order chi connectivity index (χ0) is 16.7. The fourth-order valence-corrected chi connectivity index (χ4v) is 3.09. The Morgan fingerprint density at radius 3 is 2.26 bits per heavy atom. The van der Waals surface area contributed by atoms with Crippen LogP contribution in [0.3, 0.4) is 0 Å². The molecule has 1 fully saturated rings. The molecule has 0 saturated heterocycles. The quantitative estimate of drug-likeness (QED) is 0.791. The van der Waals surface area contributed by atoms with Crippen LogP contribution in [0.4, 0.5) is 0 Å². The molecule has 0 bridgehead atoms. The molecule has 0 spiro atoms. The van der Waals surface area contributed by atoms with Crippen molar-refractivity contribution >= 4 is 11.9 Å². The minimum atomic E-state index is -1.10. The van der Waals surface area contributed by atoms with E-state index in [0.29, 0.717) is 19.4 Å². The first-order valence-electron chi connectivity index (χ1n) is 8.32. The summed E-state index contributed by atoms with van der Waals surface area (Å²) < 4.78 is 5.37. The van der Waals surface area contributed by atoms with Gasteiger partial charge >= 0.3 is 5.97 Å². The van der Waals surface area contributed by atoms with Crippen LogP contribution < -0.4 is 10.1 Å². The summed E-state index contributed by atoms with van der Waals surface area (Å²) in [5.74, 6) is -0.389. The number of hydrogen-bond acceptors (Lipinski definition) is 3. The normalized spacial score (nSPS) is 17.1. The first-order valence-corrected chi connectivity index (χ1v) is 8.32. The first kappa shape index (κ1) is 17.3. The van der Waals surface area contributed by atoms with Crippen LogP contribution in [-0.2, 0) is 16.0 Å². The molecule has 2 N–H and O–H groups in total. The van der Waals surface area contributed by atoms with Gasteiger partial charge in [0.05, 0.1) is 13.0 Å². The van der Waals surface area contributed by atoms with Gasteiger partial charge in [0, 0.05) is 0 Å². The third kappa shape index (κ3) is 4.71. The molecule has 0 radical (unpaired) electrons. The summed E-state index contributed by atoms with van der Waals surface area (Å²) in [7, 11) is 0. The average molecular weight is 319 g/mol. The zero-order valence-corrected chi connectivity index (χ0v) is 13.6. The van der Waals surface area contributed by atoms with Crippen LogP contribution in [0.15, 0.2) is 24.3 Å². The summed E-state index contributed by atoms with van der Waals surface area (Å²) >= 11 is 0. The van der Waals surface area contributed by atoms with Gasteiger partial charge in [-0.3, -0.25) is 4.79 Å². The van der Waals surface area contributed by atoms with Gasteiger partial charge in [-0.2, -0.15) is 0 Å². The molecule has 23 heavy (non-hydrogen) atoms. The number of carboxylic acids is 1. The highest BCUT2D eigenvalue weighted by molar-refractivity contribution is 5.88. The van der Waals surface area contributed by atoms with Crippen molar-refractivity contribution in [1.29, 1.82) is 0 Å². The zero-order valence-electron chi connectivity index (χ0n) is 13.6. The summed E-state index contributed by atoms with van der Waals surface area (Å²) in [5.41, 5.74) is -0.251. The molecule has 1 aromatic carbocycles. The number of amides is 1. The van der Waals surface area contributed by atoms with E-state index >= 15 is 0 Å². The topological polar surface area (TPSA) is 75.6 Å². The highest BCUT2D eigenvalue weighted by Crippen LogP contribution is 2.27. The molecular weight excluding hydrogens is 294 g/mol. The van der Waals surface area contributed by atoms with Crippen LogP contribution in [0.25, 0.3) is 0 Å². The summed E-state index contributed by atoms with van der Waals surface area (Å²) in [6.07, 6.45) is 4.95. The van der Waals surface area contributed by atoms with E-state index in [2.05, 4.69) is 5.32 Å². The average Bonchev–Trinajstić information content (AvgIpc) is 2.76. The minimum Gasteiger partial charge on any atom is -0.494 e. The van der Waals surface area contributed by atoms with Crippen molar-refractivity contribution in [1.82, 2.24) is 5.32 Å². The molecule has 0 heterocycles. The fraction of sp³-hybridized carbons (Fsp3) is 0.556. The van der Waals surface area contributed by atoms with Gasteiger partial charge in [0.1, 0.15) is 11.3 Å². The van der Waals surface area contributed by atoms with Crippen LogP contribution in [0.2, 0.25) is 0 Å². The smallest absolute Gasteiger partial charge is 0.329 e. The van der Waals surface area contributed by atoms with Crippen molar-refractivity contribution in [3.8, 4) is 5.75 Å². The van der Waals surface area contributed by atoms with Crippen molar-refractivity contribution in [2.24, 2.45) is 0 Å². The molecule has 0 atom stereocenters. The highest BCUT2D eigenvalue weighted by Gasteiger charge is 2.39. The van der Waals surface area contributed by atoms with Crippen LogP contribution in [-0.4, -0.2) is 29.1 Å². The van der Waals surface area contributed by atoms with E-state index in [0.717, 1.165) is 37.0 Å². The maximum Gasteiger partial charge on any atom is 0.329 e. The van der Waals surface area contributed by atoms with Crippen LogP contribution >= 0.6 is 0 Å². The van der Waals surface area contributed by atoms with E-state index < -0.39 is 11.5 Å². The Kier molecular flexibility index (Phi) is 6.02. The number of rotatable bonds is 6. The van der Waals surface area contributed by atoms with Gasteiger partial charge in [-0.1, -0.05) is 37.8 Å². The van der Waals surface area contributed by atoms with Crippen molar-refractivity contribution < 1.29 is 19.4 Å².